The minimum Gasteiger partial charge on any atom is -0.309 e. The molecule has 0 aliphatic carbocycles. The van der Waals surface area contributed by atoms with Crippen LogP contribution in [-0.2, 0) is 13.5 Å². The maximum absolute atomic E-state index is 4.75. The Kier molecular flexibility index (Phi) is 3.85. The Morgan fingerprint density at radius 2 is 2.10 bits per heavy atom. The maximum atomic E-state index is 4.75. The van der Waals surface area contributed by atoms with E-state index >= 15 is 0 Å². The summed E-state index contributed by atoms with van der Waals surface area (Å²) in [7, 11) is 2.01. The molecule has 0 saturated carbocycles. The zero-order chi connectivity index (χ0) is 13.9. The van der Waals surface area contributed by atoms with Crippen LogP contribution < -0.4 is 5.32 Å². The summed E-state index contributed by atoms with van der Waals surface area (Å²) in [6, 6.07) is 13.0. The summed E-state index contributed by atoms with van der Waals surface area (Å²) >= 11 is 1.81. The molecule has 0 radical (unpaired) electrons. The fourth-order valence-electron chi connectivity index (χ4n) is 2.64. The van der Waals surface area contributed by atoms with Crippen molar-refractivity contribution in [3.63, 3.8) is 0 Å². The molecule has 4 heteroatoms. The summed E-state index contributed by atoms with van der Waals surface area (Å²) in [5, 5.41) is 11.7. The number of aromatic nitrogens is 2. The molecule has 3 rings (SSSR count). The van der Waals surface area contributed by atoms with Crippen LogP contribution in [0.5, 0.6) is 0 Å². The minimum atomic E-state index is 0.268. The van der Waals surface area contributed by atoms with Crippen molar-refractivity contribution in [1.82, 2.24) is 15.1 Å². The quantitative estimate of drug-likeness (QED) is 0.777. The SMILES string of the molecule is CCNC(Cc1cccs1)c1nn(C)c2ccccc12. The van der Waals surface area contributed by atoms with Gasteiger partial charge in [0.2, 0.25) is 0 Å². The number of fused-ring (bicyclic) bond motifs is 1. The van der Waals surface area contributed by atoms with E-state index in [-0.39, 0.29) is 6.04 Å². The third-order valence-electron chi connectivity index (χ3n) is 3.55. The van der Waals surface area contributed by atoms with Crippen molar-refractivity contribution in [3.8, 4) is 0 Å². The molecule has 3 nitrogen and oxygen atoms in total. The monoisotopic (exact) mass is 285 g/mol. The molecular weight excluding hydrogens is 266 g/mol. The summed E-state index contributed by atoms with van der Waals surface area (Å²) in [4.78, 5) is 1.39. The highest BCUT2D eigenvalue weighted by Gasteiger charge is 2.18. The van der Waals surface area contributed by atoms with Crippen LogP contribution in [0, 0.1) is 0 Å². The number of likely N-dealkylation sites (N-methyl/N-ethyl adjacent to an activating group) is 1. The lowest BCUT2D eigenvalue weighted by molar-refractivity contribution is 0.534. The van der Waals surface area contributed by atoms with Crippen molar-refractivity contribution in [2.45, 2.75) is 19.4 Å². The van der Waals surface area contributed by atoms with Crippen LogP contribution in [0.4, 0.5) is 0 Å². The predicted octanol–water partition coefficient (Wildman–Crippen LogP) is 3.53. The number of hydrogen-bond donors (Lipinski definition) is 1. The number of rotatable bonds is 5. The van der Waals surface area contributed by atoms with Crippen LogP contribution in [-0.4, -0.2) is 16.3 Å². The molecule has 0 spiro atoms. The molecule has 0 aliphatic heterocycles. The zero-order valence-corrected chi connectivity index (χ0v) is 12.7. The van der Waals surface area contributed by atoms with E-state index in [1.165, 1.54) is 15.8 Å². The maximum Gasteiger partial charge on any atom is 0.0876 e. The van der Waals surface area contributed by atoms with E-state index < -0.39 is 0 Å². The Bertz CT molecular complexity index is 685. The number of benzene rings is 1. The van der Waals surface area contributed by atoms with E-state index in [4.69, 9.17) is 5.10 Å². The summed E-state index contributed by atoms with van der Waals surface area (Å²) in [5.41, 5.74) is 2.34. The van der Waals surface area contributed by atoms with Gasteiger partial charge in [-0.1, -0.05) is 31.2 Å². The lowest BCUT2D eigenvalue weighted by atomic mass is 10.1. The number of para-hydroxylation sites is 1. The largest absolute Gasteiger partial charge is 0.309 e. The van der Waals surface area contributed by atoms with Crippen LogP contribution in [0.2, 0.25) is 0 Å². The molecule has 0 aliphatic rings. The zero-order valence-electron chi connectivity index (χ0n) is 11.8. The van der Waals surface area contributed by atoms with Crippen molar-refractivity contribution in [2.75, 3.05) is 6.54 Å². The van der Waals surface area contributed by atoms with E-state index in [0.29, 0.717) is 0 Å². The van der Waals surface area contributed by atoms with Crippen LogP contribution in [0.25, 0.3) is 10.9 Å². The van der Waals surface area contributed by atoms with Crippen LogP contribution >= 0.6 is 11.3 Å². The van der Waals surface area contributed by atoms with Gasteiger partial charge in [0.15, 0.2) is 0 Å². The van der Waals surface area contributed by atoms with E-state index in [0.717, 1.165) is 18.7 Å². The molecule has 1 atom stereocenters. The normalized spacial score (nSPS) is 12.9. The lowest BCUT2D eigenvalue weighted by Crippen LogP contribution is -2.23. The molecule has 1 N–H and O–H groups in total. The van der Waals surface area contributed by atoms with Crippen molar-refractivity contribution in [2.24, 2.45) is 7.05 Å². The molecule has 0 fully saturated rings. The topological polar surface area (TPSA) is 29.9 Å². The highest BCUT2D eigenvalue weighted by molar-refractivity contribution is 7.09. The van der Waals surface area contributed by atoms with Gasteiger partial charge in [0, 0.05) is 23.7 Å². The predicted molar refractivity (Wildman–Crippen MR) is 85.2 cm³/mol. The number of nitrogens with zero attached hydrogens (tertiary/aromatic N) is 2. The van der Waals surface area contributed by atoms with E-state index in [1.54, 1.807) is 0 Å². The van der Waals surface area contributed by atoms with Gasteiger partial charge in [-0.15, -0.1) is 11.3 Å². The lowest BCUT2D eigenvalue weighted by Gasteiger charge is -2.15. The second kappa shape index (κ2) is 5.77. The number of hydrogen-bond acceptors (Lipinski definition) is 3. The Morgan fingerprint density at radius 3 is 2.85 bits per heavy atom. The van der Waals surface area contributed by atoms with Crippen LogP contribution in [0.15, 0.2) is 41.8 Å². The van der Waals surface area contributed by atoms with E-state index in [1.807, 2.05) is 23.1 Å². The average Bonchev–Trinajstić information content (AvgIpc) is 3.07. The first-order valence-corrected chi connectivity index (χ1v) is 7.85. The average molecular weight is 285 g/mol. The fraction of sp³-hybridized carbons (Fsp3) is 0.312. The summed E-state index contributed by atoms with van der Waals surface area (Å²) in [6.07, 6.45) is 0.993. The highest BCUT2D eigenvalue weighted by atomic mass is 32.1. The second-order valence-electron chi connectivity index (χ2n) is 4.92. The molecular formula is C16H19N3S. The smallest absolute Gasteiger partial charge is 0.0876 e. The number of nitrogens with one attached hydrogen (secondary N) is 1. The van der Waals surface area contributed by atoms with Gasteiger partial charge in [0.05, 0.1) is 17.3 Å². The summed E-state index contributed by atoms with van der Waals surface area (Å²) < 4.78 is 1.98. The first kappa shape index (κ1) is 13.3. The third kappa shape index (κ3) is 2.49. The molecule has 20 heavy (non-hydrogen) atoms. The standard InChI is InChI=1S/C16H19N3S/c1-3-17-14(11-12-7-6-10-20-12)16-13-8-4-5-9-15(13)19(2)18-16/h4-10,14,17H,3,11H2,1-2H3. The van der Waals surface area contributed by atoms with Gasteiger partial charge in [-0.2, -0.15) is 5.10 Å². The van der Waals surface area contributed by atoms with Crippen LogP contribution in [0.3, 0.4) is 0 Å². The highest BCUT2D eigenvalue weighted by Crippen LogP contribution is 2.26. The third-order valence-corrected chi connectivity index (χ3v) is 4.45. The van der Waals surface area contributed by atoms with Gasteiger partial charge in [-0.05, 0) is 24.1 Å². The van der Waals surface area contributed by atoms with Gasteiger partial charge < -0.3 is 5.32 Å². The molecule has 104 valence electrons. The van der Waals surface area contributed by atoms with Crippen molar-refractivity contribution < 1.29 is 0 Å². The van der Waals surface area contributed by atoms with Crippen molar-refractivity contribution in [3.05, 3.63) is 52.3 Å². The number of aryl methyl sites for hydroxylation is 1. The molecule has 3 aromatic rings. The molecule has 1 unspecified atom stereocenters. The Morgan fingerprint density at radius 1 is 1.25 bits per heavy atom. The first-order chi connectivity index (χ1) is 9.79. The molecule has 2 aromatic heterocycles. The van der Waals surface area contributed by atoms with Gasteiger partial charge >= 0.3 is 0 Å². The van der Waals surface area contributed by atoms with Gasteiger partial charge in [-0.25, -0.2) is 0 Å². The van der Waals surface area contributed by atoms with E-state index in [9.17, 15) is 0 Å². The molecule has 2 heterocycles. The van der Waals surface area contributed by atoms with Crippen molar-refractivity contribution >= 4 is 22.2 Å². The Hall–Kier alpha value is -1.65. The van der Waals surface area contributed by atoms with Gasteiger partial charge in [0.1, 0.15) is 0 Å². The second-order valence-corrected chi connectivity index (χ2v) is 5.95. The van der Waals surface area contributed by atoms with Gasteiger partial charge in [0.25, 0.3) is 0 Å². The molecule has 1 aromatic carbocycles. The molecule has 0 bridgehead atoms. The summed E-state index contributed by atoms with van der Waals surface area (Å²) in [5.74, 6) is 0. The Labute approximate surface area is 123 Å². The van der Waals surface area contributed by atoms with Crippen LogP contribution in [0.1, 0.15) is 23.5 Å². The van der Waals surface area contributed by atoms with E-state index in [2.05, 4.69) is 54.0 Å². The summed E-state index contributed by atoms with van der Waals surface area (Å²) in [6.45, 7) is 3.09. The Balaban J connectivity index is 2.00. The fourth-order valence-corrected chi connectivity index (χ4v) is 3.39. The first-order valence-electron chi connectivity index (χ1n) is 6.97. The molecule has 0 saturated heterocycles. The number of thiophene rings is 1. The minimum absolute atomic E-state index is 0.268. The molecule has 0 amide bonds. The van der Waals surface area contributed by atoms with Gasteiger partial charge in [-0.3, -0.25) is 4.68 Å². The van der Waals surface area contributed by atoms with Crippen molar-refractivity contribution in [1.29, 1.82) is 0 Å².